The van der Waals surface area contributed by atoms with Gasteiger partial charge in [-0.15, -0.1) is 0 Å². The van der Waals surface area contributed by atoms with Gasteiger partial charge in [0.05, 0.1) is 28.3 Å². The molecule has 1 heterocycles. The molecule has 1 amide bonds. The predicted octanol–water partition coefficient (Wildman–Crippen LogP) is 4.11. The van der Waals surface area contributed by atoms with Crippen LogP contribution in [0.3, 0.4) is 0 Å². The third-order valence-electron chi connectivity index (χ3n) is 5.53. The molecule has 3 aromatic rings. The summed E-state index contributed by atoms with van der Waals surface area (Å²) in [4.78, 5) is 14.7. The molecule has 1 saturated heterocycles. The molecule has 0 radical (unpaired) electrons. The van der Waals surface area contributed by atoms with E-state index in [0.717, 1.165) is 11.4 Å². The van der Waals surface area contributed by atoms with Crippen LogP contribution in [-0.4, -0.2) is 51.9 Å². The predicted molar refractivity (Wildman–Crippen MR) is 130 cm³/mol. The molecule has 172 valence electrons. The van der Waals surface area contributed by atoms with E-state index in [1.807, 2.05) is 24.3 Å². The standard InChI is InChI=1S/C24H24ClN3O4S/c1-32-23-9-5-4-8-22(23)27-14-16-28(17-15-27)33(30,31)19-12-10-18(11-13-19)26-24(29)20-6-2-3-7-21(20)25/h2-13H,14-17H2,1H3,(H,26,29). The monoisotopic (exact) mass is 485 g/mol. The summed E-state index contributed by atoms with van der Waals surface area (Å²) >= 11 is 6.07. The zero-order valence-electron chi connectivity index (χ0n) is 18.1. The van der Waals surface area contributed by atoms with E-state index in [9.17, 15) is 13.2 Å². The van der Waals surface area contributed by atoms with Gasteiger partial charge in [-0.05, 0) is 48.5 Å². The van der Waals surface area contributed by atoms with E-state index < -0.39 is 10.0 Å². The second-order valence-electron chi connectivity index (χ2n) is 7.52. The number of piperazine rings is 1. The number of nitrogens with one attached hydrogen (secondary N) is 1. The smallest absolute Gasteiger partial charge is 0.257 e. The van der Waals surface area contributed by atoms with E-state index >= 15 is 0 Å². The highest BCUT2D eigenvalue weighted by molar-refractivity contribution is 7.89. The summed E-state index contributed by atoms with van der Waals surface area (Å²) in [6, 6.07) is 20.6. The number of benzene rings is 3. The Labute approximate surface area is 198 Å². The number of sulfonamides is 1. The highest BCUT2D eigenvalue weighted by atomic mass is 35.5. The van der Waals surface area contributed by atoms with Gasteiger partial charge in [-0.25, -0.2) is 8.42 Å². The number of halogens is 1. The first-order chi connectivity index (χ1) is 15.9. The van der Waals surface area contributed by atoms with Crippen molar-refractivity contribution in [3.8, 4) is 5.75 Å². The SMILES string of the molecule is COc1ccccc1N1CCN(S(=O)(=O)c2ccc(NC(=O)c3ccccc3Cl)cc2)CC1. The molecule has 0 aromatic heterocycles. The Hall–Kier alpha value is -3.07. The molecule has 1 fully saturated rings. The molecule has 0 saturated carbocycles. The van der Waals surface area contributed by atoms with Crippen LogP contribution in [0.4, 0.5) is 11.4 Å². The Morgan fingerprint density at radius 2 is 1.55 bits per heavy atom. The van der Waals surface area contributed by atoms with Gasteiger partial charge in [0.15, 0.2) is 0 Å². The number of amides is 1. The van der Waals surface area contributed by atoms with Crippen molar-refractivity contribution in [1.29, 1.82) is 0 Å². The van der Waals surface area contributed by atoms with Gasteiger partial charge < -0.3 is 15.0 Å². The Morgan fingerprint density at radius 3 is 2.21 bits per heavy atom. The van der Waals surface area contributed by atoms with Gasteiger partial charge >= 0.3 is 0 Å². The second kappa shape index (κ2) is 9.82. The van der Waals surface area contributed by atoms with Crippen molar-refractivity contribution in [3.05, 3.63) is 83.4 Å². The fourth-order valence-electron chi connectivity index (χ4n) is 3.76. The first-order valence-electron chi connectivity index (χ1n) is 10.4. The summed E-state index contributed by atoms with van der Waals surface area (Å²) in [6.07, 6.45) is 0. The number of carbonyl (C=O) groups excluding carboxylic acids is 1. The maximum atomic E-state index is 13.1. The van der Waals surface area contributed by atoms with Crippen molar-refractivity contribution >= 4 is 38.9 Å². The number of para-hydroxylation sites is 2. The number of nitrogens with zero attached hydrogens (tertiary/aromatic N) is 2. The molecular weight excluding hydrogens is 462 g/mol. The van der Waals surface area contributed by atoms with Gasteiger partial charge in [0.1, 0.15) is 5.75 Å². The third kappa shape index (κ3) is 4.98. The van der Waals surface area contributed by atoms with Crippen molar-refractivity contribution in [2.45, 2.75) is 4.90 Å². The van der Waals surface area contributed by atoms with Crippen LogP contribution >= 0.6 is 11.6 Å². The molecule has 0 atom stereocenters. The summed E-state index contributed by atoms with van der Waals surface area (Å²) in [5.74, 6) is 0.409. The second-order valence-corrected chi connectivity index (χ2v) is 9.87. The molecule has 0 aliphatic carbocycles. The van der Waals surface area contributed by atoms with Crippen molar-refractivity contribution in [1.82, 2.24) is 4.31 Å². The van der Waals surface area contributed by atoms with Crippen LogP contribution < -0.4 is 15.0 Å². The molecule has 1 N–H and O–H groups in total. The Bertz CT molecular complexity index is 1240. The number of hydrogen-bond acceptors (Lipinski definition) is 5. The number of anilines is 2. The number of methoxy groups -OCH3 is 1. The fourth-order valence-corrected chi connectivity index (χ4v) is 5.41. The molecular formula is C24H24ClN3O4S. The molecule has 3 aromatic carbocycles. The molecule has 7 nitrogen and oxygen atoms in total. The first kappa shape index (κ1) is 23.1. The summed E-state index contributed by atoms with van der Waals surface area (Å²) in [7, 11) is -2.02. The molecule has 0 bridgehead atoms. The molecule has 33 heavy (non-hydrogen) atoms. The summed E-state index contributed by atoms with van der Waals surface area (Å²) < 4.78 is 33.2. The van der Waals surface area contributed by atoms with Crippen LogP contribution in [0.25, 0.3) is 0 Å². The molecule has 0 unspecified atom stereocenters. The fraction of sp³-hybridized carbons (Fsp3) is 0.208. The van der Waals surface area contributed by atoms with Gasteiger partial charge in [0, 0.05) is 31.9 Å². The van der Waals surface area contributed by atoms with Gasteiger partial charge in [0.2, 0.25) is 10.0 Å². The Morgan fingerprint density at radius 1 is 0.909 bits per heavy atom. The van der Waals surface area contributed by atoms with E-state index in [1.165, 1.54) is 16.4 Å². The van der Waals surface area contributed by atoms with E-state index in [2.05, 4.69) is 10.2 Å². The van der Waals surface area contributed by atoms with Crippen molar-refractivity contribution in [3.63, 3.8) is 0 Å². The zero-order valence-corrected chi connectivity index (χ0v) is 19.6. The number of ether oxygens (including phenoxy) is 1. The van der Waals surface area contributed by atoms with Crippen LogP contribution in [0.15, 0.2) is 77.7 Å². The van der Waals surface area contributed by atoms with E-state index in [1.54, 1.807) is 43.5 Å². The van der Waals surface area contributed by atoms with Gasteiger partial charge in [-0.2, -0.15) is 4.31 Å². The van der Waals surface area contributed by atoms with Crippen LogP contribution in [0.1, 0.15) is 10.4 Å². The molecule has 1 aliphatic heterocycles. The first-order valence-corrected chi connectivity index (χ1v) is 12.3. The molecule has 0 spiro atoms. The lowest BCUT2D eigenvalue weighted by Gasteiger charge is -2.35. The largest absolute Gasteiger partial charge is 0.495 e. The van der Waals surface area contributed by atoms with Crippen molar-refractivity contribution in [2.24, 2.45) is 0 Å². The molecule has 4 rings (SSSR count). The Kier molecular flexibility index (Phi) is 6.88. The Balaban J connectivity index is 1.42. The summed E-state index contributed by atoms with van der Waals surface area (Å²) in [5.41, 5.74) is 1.79. The summed E-state index contributed by atoms with van der Waals surface area (Å²) in [6.45, 7) is 1.86. The minimum Gasteiger partial charge on any atom is -0.495 e. The highest BCUT2D eigenvalue weighted by Gasteiger charge is 2.29. The lowest BCUT2D eigenvalue weighted by atomic mass is 10.2. The number of rotatable bonds is 6. The van der Waals surface area contributed by atoms with Gasteiger partial charge in [-0.1, -0.05) is 35.9 Å². The average Bonchev–Trinajstić information content (AvgIpc) is 2.84. The maximum absolute atomic E-state index is 13.1. The van der Waals surface area contributed by atoms with Crippen LogP contribution in [-0.2, 0) is 10.0 Å². The van der Waals surface area contributed by atoms with Crippen molar-refractivity contribution < 1.29 is 17.9 Å². The summed E-state index contributed by atoms with van der Waals surface area (Å²) in [5, 5.41) is 3.09. The van der Waals surface area contributed by atoms with Crippen LogP contribution in [0.2, 0.25) is 5.02 Å². The minimum atomic E-state index is -3.65. The number of carbonyl (C=O) groups is 1. The molecule has 9 heteroatoms. The van der Waals surface area contributed by atoms with E-state index in [-0.39, 0.29) is 10.8 Å². The average molecular weight is 486 g/mol. The zero-order chi connectivity index (χ0) is 23.4. The van der Waals surface area contributed by atoms with Crippen LogP contribution in [0.5, 0.6) is 5.75 Å². The van der Waals surface area contributed by atoms with Crippen LogP contribution in [0, 0.1) is 0 Å². The highest BCUT2D eigenvalue weighted by Crippen LogP contribution is 2.29. The third-order valence-corrected chi connectivity index (χ3v) is 7.78. The van der Waals surface area contributed by atoms with Gasteiger partial charge in [0.25, 0.3) is 5.91 Å². The normalized spacial score (nSPS) is 14.7. The maximum Gasteiger partial charge on any atom is 0.257 e. The quantitative estimate of drug-likeness (QED) is 0.568. The van der Waals surface area contributed by atoms with Gasteiger partial charge in [-0.3, -0.25) is 4.79 Å². The lowest BCUT2D eigenvalue weighted by Crippen LogP contribution is -2.48. The topological polar surface area (TPSA) is 79.0 Å². The molecule has 1 aliphatic rings. The number of hydrogen-bond donors (Lipinski definition) is 1. The van der Waals surface area contributed by atoms with E-state index in [0.29, 0.717) is 42.5 Å². The van der Waals surface area contributed by atoms with Crippen molar-refractivity contribution in [2.75, 3.05) is 43.5 Å². The van der Waals surface area contributed by atoms with E-state index in [4.69, 9.17) is 16.3 Å². The lowest BCUT2D eigenvalue weighted by molar-refractivity contribution is 0.102. The minimum absolute atomic E-state index is 0.184.